The molecule has 2 aromatic carbocycles. The average molecular weight is 333 g/mol. The molecular weight excluding hydrogens is 316 g/mol. The van der Waals surface area contributed by atoms with Crippen molar-refractivity contribution in [3.05, 3.63) is 59.1 Å². The summed E-state index contributed by atoms with van der Waals surface area (Å²) < 4.78 is 4.69. The van der Waals surface area contributed by atoms with Crippen molar-refractivity contribution in [2.75, 3.05) is 24.3 Å². The first-order chi connectivity index (χ1) is 11.1. The van der Waals surface area contributed by atoms with Crippen LogP contribution in [-0.4, -0.2) is 25.5 Å². The number of anilines is 2. The SMILES string of the molecule is COC(=O)c1ccccc1NC(=O)CCNc1ccccc1Cl. The second kappa shape index (κ2) is 8.19. The summed E-state index contributed by atoms with van der Waals surface area (Å²) in [4.78, 5) is 23.7. The Morgan fingerprint density at radius 2 is 1.70 bits per heavy atom. The minimum atomic E-state index is -0.491. The fourth-order valence-electron chi connectivity index (χ4n) is 2.01. The number of carbonyl (C=O) groups is 2. The van der Waals surface area contributed by atoms with Gasteiger partial charge in [0.25, 0.3) is 0 Å². The Morgan fingerprint density at radius 3 is 2.39 bits per heavy atom. The van der Waals surface area contributed by atoms with Crippen molar-refractivity contribution in [3.63, 3.8) is 0 Å². The van der Waals surface area contributed by atoms with E-state index in [2.05, 4.69) is 10.6 Å². The zero-order valence-corrected chi connectivity index (χ0v) is 13.4. The van der Waals surface area contributed by atoms with Crippen LogP contribution in [0.15, 0.2) is 48.5 Å². The molecule has 0 aliphatic rings. The highest BCUT2D eigenvalue weighted by Crippen LogP contribution is 2.20. The number of rotatable bonds is 6. The van der Waals surface area contributed by atoms with Crippen molar-refractivity contribution >= 4 is 34.9 Å². The lowest BCUT2D eigenvalue weighted by atomic mass is 10.1. The summed E-state index contributed by atoms with van der Waals surface area (Å²) in [6.07, 6.45) is 0.237. The van der Waals surface area contributed by atoms with Gasteiger partial charge in [0.1, 0.15) is 0 Å². The van der Waals surface area contributed by atoms with Gasteiger partial charge < -0.3 is 15.4 Å². The Bertz CT molecular complexity index is 704. The van der Waals surface area contributed by atoms with Crippen LogP contribution in [0.2, 0.25) is 5.02 Å². The Balaban J connectivity index is 1.91. The summed E-state index contributed by atoms with van der Waals surface area (Å²) in [5, 5.41) is 6.41. The van der Waals surface area contributed by atoms with E-state index in [9.17, 15) is 9.59 Å². The Morgan fingerprint density at radius 1 is 1.04 bits per heavy atom. The van der Waals surface area contributed by atoms with Gasteiger partial charge >= 0.3 is 5.97 Å². The molecule has 1 amide bonds. The summed E-state index contributed by atoms with van der Waals surface area (Å²) >= 11 is 6.03. The molecule has 2 rings (SSSR count). The molecule has 23 heavy (non-hydrogen) atoms. The zero-order chi connectivity index (χ0) is 16.7. The largest absolute Gasteiger partial charge is 0.465 e. The fraction of sp³-hybridized carbons (Fsp3) is 0.176. The number of halogens is 1. The zero-order valence-electron chi connectivity index (χ0n) is 12.6. The van der Waals surface area contributed by atoms with Gasteiger partial charge in [0, 0.05) is 13.0 Å². The molecule has 120 valence electrons. The normalized spacial score (nSPS) is 10.0. The van der Waals surface area contributed by atoms with E-state index in [1.807, 2.05) is 18.2 Å². The van der Waals surface area contributed by atoms with Crippen molar-refractivity contribution in [2.45, 2.75) is 6.42 Å². The first-order valence-electron chi connectivity index (χ1n) is 7.07. The number of methoxy groups -OCH3 is 1. The Kier molecular flexibility index (Phi) is 6.00. The standard InChI is InChI=1S/C17H17ClN2O3/c1-23-17(22)12-6-2-4-8-14(12)20-16(21)10-11-19-15-9-5-3-7-13(15)18/h2-9,19H,10-11H2,1H3,(H,20,21). The van der Waals surface area contributed by atoms with Crippen LogP contribution in [0.25, 0.3) is 0 Å². The maximum Gasteiger partial charge on any atom is 0.339 e. The average Bonchev–Trinajstić information content (AvgIpc) is 2.56. The number of esters is 1. The number of nitrogens with one attached hydrogen (secondary N) is 2. The van der Waals surface area contributed by atoms with Crippen LogP contribution in [0.5, 0.6) is 0 Å². The van der Waals surface area contributed by atoms with Gasteiger partial charge in [-0.05, 0) is 24.3 Å². The second-order valence-corrected chi connectivity index (χ2v) is 5.15. The van der Waals surface area contributed by atoms with E-state index in [4.69, 9.17) is 16.3 Å². The molecule has 0 fully saturated rings. The van der Waals surface area contributed by atoms with Crippen LogP contribution in [0.4, 0.5) is 11.4 Å². The van der Waals surface area contributed by atoms with E-state index in [1.54, 1.807) is 30.3 Å². The van der Waals surface area contributed by atoms with E-state index in [0.29, 0.717) is 22.8 Å². The third kappa shape index (κ3) is 4.72. The van der Waals surface area contributed by atoms with Crippen molar-refractivity contribution in [2.24, 2.45) is 0 Å². The van der Waals surface area contributed by atoms with Gasteiger partial charge in [-0.1, -0.05) is 35.9 Å². The molecule has 6 heteroatoms. The first kappa shape index (κ1) is 16.8. The summed E-state index contributed by atoms with van der Waals surface area (Å²) in [6, 6.07) is 14.0. The topological polar surface area (TPSA) is 67.4 Å². The maximum atomic E-state index is 12.0. The second-order valence-electron chi connectivity index (χ2n) is 4.74. The van der Waals surface area contributed by atoms with Crippen molar-refractivity contribution in [1.82, 2.24) is 0 Å². The molecule has 0 spiro atoms. The van der Waals surface area contributed by atoms with Crippen LogP contribution >= 0.6 is 11.6 Å². The van der Waals surface area contributed by atoms with E-state index in [0.717, 1.165) is 5.69 Å². The molecule has 2 N–H and O–H groups in total. The van der Waals surface area contributed by atoms with Crippen LogP contribution in [-0.2, 0) is 9.53 Å². The number of amides is 1. The fourth-order valence-corrected chi connectivity index (χ4v) is 2.21. The molecule has 0 radical (unpaired) electrons. The lowest BCUT2D eigenvalue weighted by Crippen LogP contribution is -2.18. The minimum absolute atomic E-state index is 0.207. The number of hydrogen-bond acceptors (Lipinski definition) is 4. The highest BCUT2D eigenvalue weighted by molar-refractivity contribution is 6.33. The molecular formula is C17H17ClN2O3. The molecule has 0 aliphatic carbocycles. The van der Waals surface area contributed by atoms with Crippen molar-refractivity contribution < 1.29 is 14.3 Å². The number of ether oxygens (including phenoxy) is 1. The third-order valence-electron chi connectivity index (χ3n) is 3.15. The van der Waals surface area contributed by atoms with Crippen LogP contribution in [0.3, 0.4) is 0 Å². The van der Waals surface area contributed by atoms with Crippen LogP contribution in [0.1, 0.15) is 16.8 Å². The molecule has 2 aromatic rings. The summed E-state index contributed by atoms with van der Waals surface area (Å²) in [5.41, 5.74) is 1.53. The van der Waals surface area contributed by atoms with Gasteiger partial charge in [0.2, 0.25) is 5.91 Å². The first-order valence-corrected chi connectivity index (χ1v) is 7.45. The number of para-hydroxylation sites is 2. The predicted molar refractivity (Wildman–Crippen MR) is 91.0 cm³/mol. The van der Waals surface area contributed by atoms with Gasteiger partial charge in [0.15, 0.2) is 0 Å². The molecule has 5 nitrogen and oxygen atoms in total. The molecule has 0 atom stereocenters. The Hall–Kier alpha value is -2.53. The van der Waals surface area contributed by atoms with E-state index in [1.165, 1.54) is 7.11 Å². The van der Waals surface area contributed by atoms with Gasteiger partial charge in [-0.15, -0.1) is 0 Å². The highest BCUT2D eigenvalue weighted by Gasteiger charge is 2.13. The van der Waals surface area contributed by atoms with Gasteiger partial charge in [-0.25, -0.2) is 4.79 Å². The van der Waals surface area contributed by atoms with Gasteiger partial charge in [-0.2, -0.15) is 0 Å². The van der Waals surface area contributed by atoms with E-state index < -0.39 is 5.97 Å². The third-order valence-corrected chi connectivity index (χ3v) is 3.48. The molecule has 0 aliphatic heterocycles. The molecule has 0 unspecified atom stereocenters. The van der Waals surface area contributed by atoms with Gasteiger partial charge in [-0.3, -0.25) is 4.79 Å². The van der Waals surface area contributed by atoms with Crippen LogP contribution < -0.4 is 10.6 Å². The predicted octanol–water partition coefficient (Wildman–Crippen LogP) is 3.57. The number of hydrogen-bond donors (Lipinski definition) is 2. The minimum Gasteiger partial charge on any atom is -0.465 e. The number of carbonyl (C=O) groups excluding carboxylic acids is 2. The molecule has 0 saturated carbocycles. The lowest BCUT2D eigenvalue weighted by molar-refractivity contribution is -0.115. The summed E-state index contributed by atoms with van der Waals surface area (Å²) in [6.45, 7) is 0.427. The molecule has 0 bridgehead atoms. The van der Waals surface area contributed by atoms with E-state index >= 15 is 0 Å². The quantitative estimate of drug-likeness (QED) is 0.794. The maximum absolute atomic E-state index is 12.0. The van der Waals surface area contributed by atoms with Crippen molar-refractivity contribution in [1.29, 1.82) is 0 Å². The summed E-state index contributed by atoms with van der Waals surface area (Å²) in [5.74, 6) is -0.698. The number of benzene rings is 2. The van der Waals surface area contributed by atoms with Crippen molar-refractivity contribution in [3.8, 4) is 0 Å². The van der Waals surface area contributed by atoms with Crippen LogP contribution in [0, 0.1) is 0 Å². The highest BCUT2D eigenvalue weighted by atomic mass is 35.5. The Labute approximate surface area is 139 Å². The molecule has 0 saturated heterocycles. The monoisotopic (exact) mass is 332 g/mol. The smallest absolute Gasteiger partial charge is 0.339 e. The molecule has 0 heterocycles. The lowest BCUT2D eigenvalue weighted by Gasteiger charge is -2.11. The molecule has 0 aromatic heterocycles. The summed E-state index contributed by atoms with van der Waals surface area (Å²) in [7, 11) is 1.30. The van der Waals surface area contributed by atoms with Gasteiger partial charge in [0.05, 0.1) is 29.1 Å². The van der Waals surface area contributed by atoms with E-state index in [-0.39, 0.29) is 12.3 Å².